The molecule has 1 amide bonds. The number of hydrogen-bond acceptors (Lipinski definition) is 3. The zero-order valence-corrected chi connectivity index (χ0v) is 9.79. The Morgan fingerprint density at radius 3 is 2.78 bits per heavy atom. The molecule has 1 aliphatic rings. The molecule has 0 bridgehead atoms. The van der Waals surface area contributed by atoms with Crippen molar-refractivity contribution in [2.75, 3.05) is 13.6 Å². The standard InChI is InChI=1S/C12H11N3O3/c1-13-4-5-14-10-3-2-9(15(17)18)6-8(10)7-11(14)12(13)16/h2-3,6-7H,4-5H2,1H3. The summed E-state index contributed by atoms with van der Waals surface area (Å²) >= 11 is 0. The predicted octanol–water partition coefficient (Wildman–Crippen LogP) is 1.64. The van der Waals surface area contributed by atoms with Crippen LogP contribution in [0.5, 0.6) is 0 Å². The molecule has 0 unspecified atom stereocenters. The van der Waals surface area contributed by atoms with Gasteiger partial charge in [-0.15, -0.1) is 0 Å². The summed E-state index contributed by atoms with van der Waals surface area (Å²) in [6.45, 7) is 1.38. The Labute approximate surface area is 103 Å². The highest BCUT2D eigenvalue weighted by molar-refractivity contribution is 5.99. The first-order chi connectivity index (χ1) is 8.58. The Morgan fingerprint density at radius 2 is 2.06 bits per heavy atom. The highest BCUT2D eigenvalue weighted by Crippen LogP contribution is 2.26. The fraction of sp³-hybridized carbons (Fsp3) is 0.250. The summed E-state index contributed by atoms with van der Waals surface area (Å²) in [4.78, 5) is 23.9. The van der Waals surface area contributed by atoms with E-state index in [1.54, 1.807) is 24.1 Å². The molecule has 0 saturated carbocycles. The van der Waals surface area contributed by atoms with Gasteiger partial charge in [0.15, 0.2) is 0 Å². The molecule has 6 nitrogen and oxygen atoms in total. The number of nitro groups is 1. The van der Waals surface area contributed by atoms with Crippen molar-refractivity contribution in [2.45, 2.75) is 6.54 Å². The average Bonchev–Trinajstić information content (AvgIpc) is 2.72. The van der Waals surface area contributed by atoms with Gasteiger partial charge in [0.05, 0.1) is 4.92 Å². The molecule has 0 N–H and O–H groups in total. The van der Waals surface area contributed by atoms with Crippen molar-refractivity contribution in [2.24, 2.45) is 0 Å². The lowest BCUT2D eigenvalue weighted by atomic mass is 10.2. The van der Waals surface area contributed by atoms with E-state index in [2.05, 4.69) is 0 Å². The molecular weight excluding hydrogens is 234 g/mol. The van der Waals surface area contributed by atoms with Gasteiger partial charge in [0.25, 0.3) is 11.6 Å². The van der Waals surface area contributed by atoms with Crippen LogP contribution in [0.2, 0.25) is 0 Å². The van der Waals surface area contributed by atoms with Gasteiger partial charge < -0.3 is 9.47 Å². The smallest absolute Gasteiger partial charge is 0.270 e. The van der Waals surface area contributed by atoms with Gasteiger partial charge in [0.1, 0.15) is 5.69 Å². The quantitative estimate of drug-likeness (QED) is 0.566. The van der Waals surface area contributed by atoms with Crippen LogP contribution in [-0.4, -0.2) is 33.9 Å². The molecule has 2 heterocycles. The summed E-state index contributed by atoms with van der Waals surface area (Å²) in [7, 11) is 1.76. The molecule has 0 saturated heterocycles. The Bertz CT molecular complexity index is 675. The predicted molar refractivity (Wildman–Crippen MR) is 65.6 cm³/mol. The van der Waals surface area contributed by atoms with Crippen molar-refractivity contribution in [3.63, 3.8) is 0 Å². The van der Waals surface area contributed by atoms with Crippen LogP contribution in [0.4, 0.5) is 5.69 Å². The van der Waals surface area contributed by atoms with E-state index < -0.39 is 4.92 Å². The molecule has 0 fully saturated rings. The highest BCUT2D eigenvalue weighted by atomic mass is 16.6. The molecule has 0 spiro atoms. The maximum absolute atomic E-state index is 12.0. The summed E-state index contributed by atoms with van der Waals surface area (Å²) in [6, 6.07) is 6.40. The molecule has 92 valence electrons. The number of non-ortho nitro benzene ring substituents is 1. The number of aromatic nitrogens is 1. The number of fused-ring (bicyclic) bond motifs is 3. The van der Waals surface area contributed by atoms with Crippen molar-refractivity contribution >= 4 is 22.5 Å². The van der Waals surface area contributed by atoms with E-state index in [1.807, 2.05) is 4.57 Å². The number of benzene rings is 1. The van der Waals surface area contributed by atoms with E-state index in [-0.39, 0.29) is 11.6 Å². The molecular formula is C12H11N3O3. The minimum atomic E-state index is -0.427. The number of carbonyl (C=O) groups excluding carboxylic acids is 1. The molecule has 1 aliphatic heterocycles. The van der Waals surface area contributed by atoms with E-state index in [0.29, 0.717) is 12.2 Å². The zero-order chi connectivity index (χ0) is 12.9. The van der Waals surface area contributed by atoms with Crippen LogP contribution in [-0.2, 0) is 6.54 Å². The highest BCUT2D eigenvalue weighted by Gasteiger charge is 2.24. The van der Waals surface area contributed by atoms with Gasteiger partial charge in [-0.3, -0.25) is 14.9 Å². The number of amides is 1. The van der Waals surface area contributed by atoms with Gasteiger partial charge in [0.2, 0.25) is 0 Å². The summed E-state index contributed by atoms with van der Waals surface area (Å²) in [5.74, 6) is -0.0416. The molecule has 0 radical (unpaired) electrons. The second-order valence-electron chi connectivity index (χ2n) is 4.41. The fourth-order valence-electron chi connectivity index (χ4n) is 2.34. The maximum Gasteiger partial charge on any atom is 0.270 e. The Kier molecular flexibility index (Phi) is 2.13. The molecule has 0 atom stereocenters. The first kappa shape index (κ1) is 10.8. The average molecular weight is 245 g/mol. The monoisotopic (exact) mass is 245 g/mol. The number of carbonyl (C=O) groups is 1. The van der Waals surface area contributed by atoms with Crippen LogP contribution >= 0.6 is 0 Å². The van der Waals surface area contributed by atoms with Crippen molar-refractivity contribution in [1.82, 2.24) is 9.47 Å². The molecule has 18 heavy (non-hydrogen) atoms. The lowest BCUT2D eigenvalue weighted by Gasteiger charge is -2.24. The topological polar surface area (TPSA) is 68.4 Å². The van der Waals surface area contributed by atoms with Crippen molar-refractivity contribution in [1.29, 1.82) is 0 Å². The van der Waals surface area contributed by atoms with E-state index in [0.717, 1.165) is 17.4 Å². The van der Waals surface area contributed by atoms with Crippen molar-refractivity contribution in [3.8, 4) is 0 Å². The summed E-state index contributed by atoms with van der Waals surface area (Å²) in [6.07, 6.45) is 0. The third-order valence-corrected chi connectivity index (χ3v) is 3.32. The van der Waals surface area contributed by atoms with Gasteiger partial charge >= 0.3 is 0 Å². The summed E-state index contributed by atoms with van der Waals surface area (Å²) in [5.41, 5.74) is 1.52. The maximum atomic E-state index is 12.0. The first-order valence-electron chi connectivity index (χ1n) is 5.61. The minimum absolute atomic E-state index is 0.0416. The van der Waals surface area contributed by atoms with E-state index >= 15 is 0 Å². The number of hydrogen-bond donors (Lipinski definition) is 0. The van der Waals surface area contributed by atoms with Crippen molar-refractivity contribution in [3.05, 3.63) is 40.1 Å². The lowest BCUT2D eigenvalue weighted by molar-refractivity contribution is -0.384. The van der Waals surface area contributed by atoms with Gasteiger partial charge in [-0.2, -0.15) is 0 Å². The molecule has 6 heteroatoms. The zero-order valence-electron chi connectivity index (χ0n) is 9.79. The van der Waals surface area contributed by atoms with Crippen LogP contribution in [0, 0.1) is 10.1 Å². The Hall–Kier alpha value is -2.37. The van der Waals surface area contributed by atoms with Crippen LogP contribution in [0.1, 0.15) is 10.5 Å². The molecule has 1 aromatic carbocycles. The lowest BCUT2D eigenvalue weighted by Crippen LogP contribution is -2.36. The van der Waals surface area contributed by atoms with Crippen LogP contribution in [0.3, 0.4) is 0 Å². The third kappa shape index (κ3) is 1.38. The fourth-order valence-corrected chi connectivity index (χ4v) is 2.34. The number of likely N-dealkylation sites (N-methyl/N-ethyl adjacent to an activating group) is 1. The third-order valence-electron chi connectivity index (χ3n) is 3.32. The molecule has 0 aliphatic carbocycles. The van der Waals surface area contributed by atoms with Crippen molar-refractivity contribution < 1.29 is 9.72 Å². The number of nitro benzene ring substituents is 1. The second kappa shape index (κ2) is 3.56. The van der Waals surface area contributed by atoms with E-state index in [1.165, 1.54) is 12.1 Å². The summed E-state index contributed by atoms with van der Waals surface area (Å²) in [5, 5.41) is 11.5. The minimum Gasteiger partial charge on any atom is -0.339 e. The van der Waals surface area contributed by atoms with Gasteiger partial charge in [-0.05, 0) is 12.1 Å². The SMILES string of the molecule is CN1CCn2c(cc3cc([N+](=O)[O-])ccc32)C1=O. The van der Waals surface area contributed by atoms with Crippen LogP contribution < -0.4 is 0 Å². The molecule has 3 rings (SSSR count). The van der Waals surface area contributed by atoms with E-state index in [4.69, 9.17) is 0 Å². The van der Waals surface area contributed by atoms with Crippen LogP contribution in [0.15, 0.2) is 24.3 Å². The Balaban J connectivity index is 2.23. The normalized spacial score (nSPS) is 14.9. The summed E-state index contributed by atoms with van der Waals surface area (Å²) < 4.78 is 1.92. The number of rotatable bonds is 1. The largest absolute Gasteiger partial charge is 0.339 e. The first-order valence-corrected chi connectivity index (χ1v) is 5.61. The molecule has 2 aromatic rings. The molecule has 1 aromatic heterocycles. The van der Waals surface area contributed by atoms with E-state index in [9.17, 15) is 14.9 Å². The van der Waals surface area contributed by atoms with Gasteiger partial charge in [-0.25, -0.2) is 0 Å². The second-order valence-corrected chi connectivity index (χ2v) is 4.41. The Morgan fingerprint density at radius 1 is 1.28 bits per heavy atom. The number of nitrogens with zero attached hydrogens (tertiary/aromatic N) is 3. The van der Waals surface area contributed by atoms with Crippen LogP contribution in [0.25, 0.3) is 10.9 Å². The van der Waals surface area contributed by atoms with Gasteiger partial charge in [0, 0.05) is 43.2 Å². The van der Waals surface area contributed by atoms with Gasteiger partial charge in [-0.1, -0.05) is 0 Å².